The number of aromatic amines is 1. The van der Waals surface area contributed by atoms with Crippen LogP contribution in [0.15, 0.2) is 65.0 Å². The molecule has 0 amide bonds. The Balaban J connectivity index is 1.92. The van der Waals surface area contributed by atoms with Crippen LogP contribution in [0, 0.1) is 10.1 Å². The maximum absolute atomic E-state index is 11.6. The molecule has 0 aliphatic rings. The Morgan fingerprint density at radius 1 is 1.23 bits per heavy atom. The Morgan fingerprint density at radius 2 is 1.97 bits per heavy atom. The van der Waals surface area contributed by atoms with Crippen LogP contribution in [0.2, 0.25) is 0 Å². The first kappa shape index (κ1) is 21.1. The summed E-state index contributed by atoms with van der Waals surface area (Å²) in [5.74, 6) is -0.572. The number of nitrogens with one attached hydrogen (secondary N) is 1. The summed E-state index contributed by atoms with van der Waals surface area (Å²) in [7, 11) is -1.63. The van der Waals surface area contributed by atoms with Crippen molar-refractivity contribution in [2.45, 2.75) is 5.92 Å². The van der Waals surface area contributed by atoms with Crippen molar-refractivity contribution in [1.29, 1.82) is 0 Å². The van der Waals surface area contributed by atoms with Gasteiger partial charge < -0.3 is 15.0 Å². The molecule has 2 aromatic carbocycles. The van der Waals surface area contributed by atoms with E-state index in [1.807, 2.05) is 36.4 Å². The summed E-state index contributed by atoms with van der Waals surface area (Å²) in [5, 5.41) is 35.4. The molecule has 4 rings (SSSR count). The highest BCUT2D eigenvalue weighted by Gasteiger charge is 2.29. The lowest BCUT2D eigenvalue weighted by molar-refractivity contribution is -0.481. The average Bonchev–Trinajstić information content (AvgIpc) is 3.38. The van der Waals surface area contributed by atoms with E-state index in [9.17, 15) is 20.2 Å². The predicted molar refractivity (Wildman–Crippen MR) is 126 cm³/mol. The molecule has 7 nitrogen and oxygen atoms in total. The summed E-state index contributed by atoms with van der Waals surface area (Å²) >= 11 is 5.93. The standard InChI is InChI=1S/C21H16BN3O4S2/c26-22(27)14-9-19(31-11-14)17(10-25(28)29)20-16-3-1-2-4-18(16)24-21(20)13-5-7-15(8-6-13)23-12-30/h1-9,11,17,24,26-27H,10H2. The zero-order valence-electron chi connectivity index (χ0n) is 16.1. The van der Waals surface area contributed by atoms with Crippen LogP contribution < -0.4 is 5.46 Å². The Labute approximate surface area is 187 Å². The number of aromatic nitrogens is 1. The molecule has 0 aliphatic carbocycles. The van der Waals surface area contributed by atoms with Crippen molar-refractivity contribution in [2.24, 2.45) is 4.99 Å². The van der Waals surface area contributed by atoms with Crippen LogP contribution in [-0.4, -0.2) is 38.8 Å². The minimum Gasteiger partial charge on any atom is -0.423 e. The van der Waals surface area contributed by atoms with E-state index >= 15 is 0 Å². The van der Waals surface area contributed by atoms with E-state index in [0.717, 1.165) is 27.7 Å². The zero-order valence-corrected chi connectivity index (χ0v) is 17.7. The maximum atomic E-state index is 11.6. The lowest BCUT2D eigenvalue weighted by atomic mass is 9.81. The fourth-order valence-electron chi connectivity index (χ4n) is 3.67. The van der Waals surface area contributed by atoms with Crippen molar-refractivity contribution in [3.8, 4) is 11.3 Å². The first-order valence-electron chi connectivity index (χ1n) is 9.33. The van der Waals surface area contributed by atoms with Gasteiger partial charge in [0.1, 0.15) is 0 Å². The van der Waals surface area contributed by atoms with E-state index in [4.69, 9.17) is 0 Å². The van der Waals surface area contributed by atoms with Crippen molar-refractivity contribution in [3.63, 3.8) is 0 Å². The average molecular weight is 449 g/mol. The van der Waals surface area contributed by atoms with Crippen LogP contribution in [-0.2, 0) is 0 Å². The van der Waals surface area contributed by atoms with Crippen LogP contribution in [0.1, 0.15) is 16.4 Å². The quantitative estimate of drug-likeness (QED) is 0.131. The van der Waals surface area contributed by atoms with Crippen molar-refractivity contribution in [1.82, 2.24) is 4.98 Å². The van der Waals surface area contributed by atoms with Gasteiger partial charge in [-0.05, 0) is 52.9 Å². The largest absolute Gasteiger partial charge is 0.489 e. The fourth-order valence-corrected chi connectivity index (χ4v) is 4.80. The molecule has 0 bridgehead atoms. The van der Waals surface area contributed by atoms with Gasteiger partial charge in [-0.15, -0.1) is 11.3 Å². The minimum absolute atomic E-state index is 0.317. The molecule has 3 N–H and O–H groups in total. The Kier molecular flexibility index (Phi) is 6.08. The van der Waals surface area contributed by atoms with Crippen LogP contribution in [0.3, 0.4) is 0 Å². The van der Waals surface area contributed by atoms with E-state index in [1.54, 1.807) is 23.6 Å². The van der Waals surface area contributed by atoms with Crippen LogP contribution in [0.4, 0.5) is 5.69 Å². The summed E-state index contributed by atoms with van der Waals surface area (Å²) in [4.78, 5) is 19.3. The number of thiocarbonyl (C=S) groups is 1. The van der Waals surface area contributed by atoms with Crippen molar-refractivity contribution < 1.29 is 15.0 Å². The molecule has 0 fully saturated rings. The van der Waals surface area contributed by atoms with E-state index in [1.165, 1.54) is 11.3 Å². The molecule has 0 radical (unpaired) electrons. The second-order valence-corrected chi connectivity index (χ2v) is 8.06. The third kappa shape index (κ3) is 4.34. The summed E-state index contributed by atoms with van der Waals surface area (Å²) in [6.45, 7) is -0.330. The number of hydrogen-bond donors (Lipinski definition) is 3. The molecule has 10 heteroatoms. The van der Waals surface area contributed by atoms with E-state index < -0.39 is 13.0 Å². The number of H-pyrrole nitrogens is 1. The van der Waals surface area contributed by atoms with Gasteiger partial charge in [-0.3, -0.25) is 10.1 Å². The van der Waals surface area contributed by atoms with Crippen LogP contribution in [0.5, 0.6) is 0 Å². The Bertz CT molecular complexity index is 1290. The number of isothiocyanates is 1. The third-order valence-electron chi connectivity index (χ3n) is 5.04. The third-order valence-corrected chi connectivity index (χ3v) is 6.19. The summed E-state index contributed by atoms with van der Waals surface area (Å²) in [6, 6.07) is 16.6. The number of thiophene rings is 1. The number of fused-ring (bicyclic) bond motifs is 1. The highest BCUT2D eigenvalue weighted by molar-refractivity contribution is 7.78. The summed E-state index contributed by atoms with van der Waals surface area (Å²) < 4.78 is 0. The molecule has 154 valence electrons. The number of rotatable bonds is 7. The number of para-hydroxylation sites is 1. The molecular weight excluding hydrogens is 433 g/mol. The van der Waals surface area contributed by atoms with Gasteiger partial charge in [0, 0.05) is 26.3 Å². The highest BCUT2D eigenvalue weighted by atomic mass is 32.1. The predicted octanol–water partition coefficient (Wildman–Crippen LogP) is 3.72. The number of aliphatic imine (C=N–C) groups is 1. The van der Waals surface area contributed by atoms with Gasteiger partial charge in [0.25, 0.3) is 0 Å². The number of nitro groups is 1. The van der Waals surface area contributed by atoms with Crippen LogP contribution >= 0.6 is 23.6 Å². The van der Waals surface area contributed by atoms with Crippen LogP contribution in [0.25, 0.3) is 22.2 Å². The molecule has 2 heterocycles. The van der Waals surface area contributed by atoms with E-state index in [-0.39, 0.29) is 11.5 Å². The lowest BCUT2D eigenvalue weighted by Crippen LogP contribution is -2.28. The molecule has 0 aliphatic heterocycles. The molecule has 1 atom stereocenters. The molecule has 4 aromatic rings. The maximum Gasteiger partial charge on any atom is 0.489 e. The van der Waals surface area contributed by atoms with Gasteiger partial charge >= 0.3 is 7.12 Å². The van der Waals surface area contributed by atoms with Gasteiger partial charge in [0.2, 0.25) is 6.54 Å². The topological polar surface area (TPSA) is 112 Å². The molecule has 0 saturated carbocycles. The smallest absolute Gasteiger partial charge is 0.423 e. The molecular formula is C21H16BN3O4S2. The lowest BCUT2D eigenvalue weighted by Gasteiger charge is -2.14. The van der Waals surface area contributed by atoms with Gasteiger partial charge in [-0.2, -0.15) is 4.99 Å². The molecule has 31 heavy (non-hydrogen) atoms. The second kappa shape index (κ2) is 8.93. The SMILES string of the molecule is O=[N+]([O-])CC(c1cc(B(O)O)cs1)c1c(-c2ccc(N=C=S)cc2)[nH]c2ccccc12. The zero-order chi connectivity index (χ0) is 22.0. The second-order valence-electron chi connectivity index (χ2n) is 6.93. The number of hydrogen-bond acceptors (Lipinski definition) is 7. The van der Waals surface area contributed by atoms with Crippen molar-refractivity contribution in [3.05, 3.63) is 80.5 Å². The van der Waals surface area contributed by atoms with E-state index in [0.29, 0.717) is 16.0 Å². The first-order chi connectivity index (χ1) is 15.0. The summed E-state index contributed by atoms with van der Waals surface area (Å²) in [6.07, 6.45) is 0. The molecule has 0 saturated heterocycles. The minimum atomic E-state index is -1.63. The number of nitrogens with zero attached hydrogens (tertiary/aromatic N) is 2. The van der Waals surface area contributed by atoms with Gasteiger partial charge in [0.05, 0.1) is 22.5 Å². The van der Waals surface area contributed by atoms with Gasteiger partial charge in [-0.1, -0.05) is 30.3 Å². The van der Waals surface area contributed by atoms with Gasteiger partial charge in [0.15, 0.2) is 0 Å². The van der Waals surface area contributed by atoms with Gasteiger partial charge in [-0.25, -0.2) is 0 Å². The normalized spacial score (nSPS) is 11.8. The molecule has 0 spiro atoms. The molecule has 1 unspecified atom stereocenters. The monoisotopic (exact) mass is 449 g/mol. The number of benzene rings is 2. The Hall–Kier alpha value is -3.14. The fraction of sp³-hybridized carbons (Fsp3) is 0.0952. The highest BCUT2D eigenvalue weighted by Crippen LogP contribution is 2.40. The first-order valence-corrected chi connectivity index (χ1v) is 10.6. The Morgan fingerprint density at radius 3 is 2.61 bits per heavy atom. The summed E-state index contributed by atoms with van der Waals surface area (Å²) in [5.41, 5.74) is 4.25. The van der Waals surface area contributed by atoms with E-state index in [2.05, 4.69) is 27.4 Å². The molecule has 2 aromatic heterocycles. The van der Waals surface area contributed by atoms with Crippen molar-refractivity contribution >= 4 is 57.9 Å². The van der Waals surface area contributed by atoms with Crippen molar-refractivity contribution in [2.75, 3.05) is 6.54 Å².